The summed E-state index contributed by atoms with van der Waals surface area (Å²) < 4.78 is 0. The smallest absolute Gasteiger partial charge is 0.0906 e. The second-order valence-corrected chi connectivity index (χ2v) is 4.09. The lowest BCUT2D eigenvalue weighted by molar-refractivity contribution is 0.436. The van der Waals surface area contributed by atoms with E-state index >= 15 is 0 Å². The van der Waals surface area contributed by atoms with Crippen LogP contribution in [0.25, 0.3) is 0 Å². The van der Waals surface area contributed by atoms with Crippen molar-refractivity contribution in [3.05, 3.63) is 0 Å². The van der Waals surface area contributed by atoms with Gasteiger partial charge in [0.05, 0.1) is 12.7 Å². The highest BCUT2D eigenvalue weighted by Crippen LogP contribution is 2.05. The van der Waals surface area contributed by atoms with Crippen molar-refractivity contribution in [3.63, 3.8) is 0 Å². The highest BCUT2D eigenvalue weighted by molar-refractivity contribution is 5.74. The number of hydrogen-bond donors (Lipinski definition) is 1. The molecular formula is C12H25N3. The average Bonchev–Trinajstić information content (AvgIpc) is 2.26. The standard InChI is InChI=1S/C12H25N3/c1-5-7-8-12(4)15(9-13)10-14-11(3)6-2/h9-13H,5-8H2,1-4H3. The maximum atomic E-state index is 7.34. The van der Waals surface area contributed by atoms with Gasteiger partial charge in [0.2, 0.25) is 0 Å². The van der Waals surface area contributed by atoms with Gasteiger partial charge in [0, 0.05) is 12.1 Å². The van der Waals surface area contributed by atoms with Crippen molar-refractivity contribution < 1.29 is 0 Å². The minimum atomic E-state index is 0.353. The van der Waals surface area contributed by atoms with Crippen LogP contribution in [-0.2, 0) is 0 Å². The zero-order valence-electron chi connectivity index (χ0n) is 10.5. The van der Waals surface area contributed by atoms with E-state index in [0.717, 1.165) is 12.8 Å². The quantitative estimate of drug-likeness (QED) is 0.485. The maximum absolute atomic E-state index is 7.34. The van der Waals surface area contributed by atoms with Crippen LogP contribution in [-0.4, -0.2) is 29.7 Å². The Bertz CT molecular complexity index is 189. The van der Waals surface area contributed by atoms with Crippen LogP contribution in [0.2, 0.25) is 0 Å². The first-order valence-corrected chi connectivity index (χ1v) is 5.97. The van der Waals surface area contributed by atoms with E-state index in [1.807, 2.05) is 11.2 Å². The topological polar surface area (TPSA) is 39.5 Å². The fraction of sp³-hybridized carbons (Fsp3) is 0.833. The molecule has 1 N–H and O–H groups in total. The zero-order chi connectivity index (χ0) is 11.7. The van der Waals surface area contributed by atoms with E-state index in [2.05, 4.69) is 32.7 Å². The third-order valence-electron chi connectivity index (χ3n) is 2.68. The molecule has 0 aromatic heterocycles. The summed E-state index contributed by atoms with van der Waals surface area (Å²) in [5.74, 6) is 0. The minimum absolute atomic E-state index is 0.353. The Morgan fingerprint density at radius 3 is 2.47 bits per heavy atom. The van der Waals surface area contributed by atoms with Crippen molar-refractivity contribution in [3.8, 4) is 0 Å². The molecular weight excluding hydrogens is 186 g/mol. The summed E-state index contributed by atoms with van der Waals surface area (Å²) >= 11 is 0. The van der Waals surface area contributed by atoms with Gasteiger partial charge in [-0.2, -0.15) is 0 Å². The van der Waals surface area contributed by atoms with Gasteiger partial charge in [-0.3, -0.25) is 10.4 Å². The Morgan fingerprint density at radius 2 is 2.00 bits per heavy atom. The molecule has 0 spiro atoms. The molecule has 88 valence electrons. The lowest BCUT2D eigenvalue weighted by atomic mass is 10.1. The molecule has 0 saturated carbocycles. The van der Waals surface area contributed by atoms with Gasteiger partial charge in [-0.15, -0.1) is 0 Å². The van der Waals surface area contributed by atoms with Gasteiger partial charge in [0.1, 0.15) is 0 Å². The number of aliphatic imine (C=N–C) groups is 1. The molecule has 0 heterocycles. The lowest BCUT2D eigenvalue weighted by Crippen LogP contribution is -2.30. The molecule has 3 nitrogen and oxygen atoms in total. The predicted molar refractivity (Wildman–Crippen MR) is 67.9 cm³/mol. The van der Waals surface area contributed by atoms with E-state index in [-0.39, 0.29) is 0 Å². The van der Waals surface area contributed by atoms with Crippen molar-refractivity contribution in [1.29, 1.82) is 5.41 Å². The third kappa shape index (κ3) is 6.26. The minimum Gasteiger partial charge on any atom is -0.321 e. The summed E-state index contributed by atoms with van der Waals surface area (Å²) in [6.07, 6.45) is 7.76. The van der Waals surface area contributed by atoms with Gasteiger partial charge >= 0.3 is 0 Å². The molecule has 0 amide bonds. The monoisotopic (exact) mass is 211 g/mol. The number of hydrogen-bond acceptors (Lipinski definition) is 2. The Balaban J connectivity index is 4.10. The van der Waals surface area contributed by atoms with Crippen LogP contribution in [0.15, 0.2) is 4.99 Å². The normalized spacial score (nSPS) is 15.2. The summed E-state index contributed by atoms with van der Waals surface area (Å²) in [6.45, 7) is 8.55. The third-order valence-corrected chi connectivity index (χ3v) is 2.68. The molecule has 0 aromatic carbocycles. The summed E-state index contributed by atoms with van der Waals surface area (Å²) in [4.78, 5) is 6.28. The van der Waals surface area contributed by atoms with Gasteiger partial charge in [0.25, 0.3) is 0 Å². The molecule has 2 atom stereocenters. The second kappa shape index (κ2) is 8.45. The number of nitrogens with zero attached hydrogens (tertiary/aromatic N) is 2. The molecule has 0 aliphatic rings. The first kappa shape index (κ1) is 14.1. The molecule has 15 heavy (non-hydrogen) atoms. The lowest BCUT2D eigenvalue weighted by Gasteiger charge is -2.22. The molecule has 0 rings (SSSR count). The summed E-state index contributed by atoms with van der Waals surface area (Å²) in [5.41, 5.74) is 0. The molecule has 0 fully saturated rings. The number of nitrogens with one attached hydrogen (secondary N) is 1. The van der Waals surface area contributed by atoms with Crippen LogP contribution < -0.4 is 0 Å². The number of unbranched alkanes of at least 4 members (excludes halogenated alkanes) is 1. The molecule has 0 aliphatic carbocycles. The van der Waals surface area contributed by atoms with Crippen molar-refractivity contribution in [2.75, 3.05) is 0 Å². The fourth-order valence-corrected chi connectivity index (χ4v) is 1.22. The van der Waals surface area contributed by atoms with Gasteiger partial charge in [-0.25, -0.2) is 0 Å². The van der Waals surface area contributed by atoms with E-state index in [1.54, 1.807) is 0 Å². The zero-order valence-corrected chi connectivity index (χ0v) is 10.5. The average molecular weight is 211 g/mol. The highest BCUT2D eigenvalue weighted by atomic mass is 15.2. The largest absolute Gasteiger partial charge is 0.321 e. The van der Waals surface area contributed by atoms with E-state index in [4.69, 9.17) is 5.41 Å². The predicted octanol–water partition coefficient (Wildman–Crippen LogP) is 3.30. The summed E-state index contributed by atoms with van der Waals surface area (Å²) in [6, 6.07) is 0.737. The molecule has 0 radical (unpaired) electrons. The Morgan fingerprint density at radius 1 is 1.33 bits per heavy atom. The first-order chi connectivity index (χ1) is 7.15. The molecule has 2 unspecified atom stereocenters. The number of rotatable bonds is 8. The van der Waals surface area contributed by atoms with Crippen molar-refractivity contribution in [2.24, 2.45) is 4.99 Å². The van der Waals surface area contributed by atoms with Crippen LogP contribution in [0.1, 0.15) is 53.4 Å². The van der Waals surface area contributed by atoms with Gasteiger partial charge in [-0.1, -0.05) is 26.7 Å². The second-order valence-electron chi connectivity index (χ2n) is 4.09. The maximum Gasteiger partial charge on any atom is 0.0906 e. The van der Waals surface area contributed by atoms with Gasteiger partial charge in [-0.05, 0) is 26.7 Å². The van der Waals surface area contributed by atoms with Crippen LogP contribution in [0, 0.1) is 5.41 Å². The molecule has 3 heteroatoms. The van der Waals surface area contributed by atoms with Gasteiger partial charge in [0.15, 0.2) is 0 Å². The first-order valence-electron chi connectivity index (χ1n) is 5.97. The SMILES string of the molecule is CCCCC(C)N(C=N)C=NC(C)CC. The Hall–Kier alpha value is -0.860. The molecule has 0 saturated heterocycles. The highest BCUT2D eigenvalue weighted by Gasteiger charge is 2.07. The van der Waals surface area contributed by atoms with Crippen molar-refractivity contribution in [1.82, 2.24) is 4.90 Å². The summed E-state index contributed by atoms with van der Waals surface area (Å²) in [7, 11) is 0. The Labute approximate surface area is 94.1 Å². The molecule has 0 aliphatic heterocycles. The van der Waals surface area contributed by atoms with Crippen LogP contribution in [0.4, 0.5) is 0 Å². The van der Waals surface area contributed by atoms with E-state index in [1.165, 1.54) is 19.2 Å². The molecule has 0 bridgehead atoms. The van der Waals surface area contributed by atoms with Crippen molar-refractivity contribution >= 4 is 12.7 Å². The van der Waals surface area contributed by atoms with Crippen LogP contribution >= 0.6 is 0 Å². The van der Waals surface area contributed by atoms with Crippen LogP contribution in [0.5, 0.6) is 0 Å². The molecule has 0 aromatic rings. The van der Waals surface area contributed by atoms with E-state index in [0.29, 0.717) is 12.1 Å². The van der Waals surface area contributed by atoms with E-state index < -0.39 is 0 Å². The van der Waals surface area contributed by atoms with E-state index in [9.17, 15) is 0 Å². The fourth-order valence-electron chi connectivity index (χ4n) is 1.22. The van der Waals surface area contributed by atoms with Crippen molar-refractivity contribution in [2.45, 2.75) is 65.5 Å². The van der Waals surface area contributed by atoms with Crippen LogP contribution in [0.3, 0.4) is 0 Å². The summed E-state index contributed by atoms with van der Waals surface area (Å²) in [5, 5.41) is 7.34. The van der Waals surface area contributed by atoms with Gasteiger partial charge < -0.3 is 4.90 Å². The Kier molecular flexibility index (Phi) is 7.96.